The standard InChI is InChI=1S/C26H36N6O4/c1-4-6-11-17-31-20(28-24-23(31)25(35)29-26(36)32(24)16-7-5-2)14-15-22(34)30(3)18-21(33)27-19-12-9-8-10-13-19/h8-10,12-13H,4-7,11,14-18H2,1-3H3,(H,27,33)(H,29,35,36). The normalized spacial score (nSPS) is 11.1. The number of para-hydroxylation sites is 1. The molecule has 1 aromatic carbocycles. The Morgan fingerprint density at radius 3 is 2.39 bits per heavy atom. The lowest BCUT2D eigenvalue weighted by Crippen LogP contribution is -2.35. The van der Waals surface area contributed by atoms with Crippen LogP contribution in [-0.4, -0.2) is 49.4 Å². The van der Waals surface area contributed by atoms with E-state index in [2.05, 4.69) is 22.2 Å². The van der Waals surface area contributed by atoms with Crippen LogP contribution < -0.4 is 16.6 Å². The van der Waals surface area contributed by atoms with E-state index in [1.807, 2.05) is 29.7 Å². The second kappa shape index (κ2) is 12.9. The van der Waals surface area contributed by atoms with Crippen LogP contribution in [0.3, 0.4) is 0 Å². The summed E-state index contributed by atoms with van der Waals surface area (Å²) in [5.41, 5.74) is 0.486. The summed E-state index contributed by atoms with van der Waals surface area (Å²) in [5, 5.41) is 2.77. The molecule has 10 nitrogen and oxygen atoms in total. The van der Waals surface area contributed by atoms with Crippen molar-refractivity contribution >= 4 is 28.7 Å². The number of carbonyl (C=O) groups is 2. The number of hydrogen-bond donors (Lipinski definition) is 2. The molecule has 0 radical (unpaired) electrons. The molecule has 2 amide bonds. The minimum absolute atomic E-state index is 0.0725. The molecule has 3 rings (SSSR count). The maximum atomic E-state index is 12.8. The Morgan fingerprint density at radius 1 is 1.00 bits per heavy atom. The Balaban J connectivity index is 1.78. The van der Waals surface area contributed by atoms with Crippen molar-refractivity contribution in [3.63, 3.8) is 0 Å². The van der Waals surface area contributed by atoms with E-state index < -0.39 is 11.2 Å². The highest BCUT2D eigenvalue weighted by Crippen LogP contribution is 2.16. The number of nitrogens with one attached hydrogen (secondary N) is 2. The van der Waals surface area contributed by atoms with Gasteiger partial charge in [0.05, 0.1) is 6.54 Å². The number of unbranched alkanes of at least 4 members (excludes halogenated alkanes) is 3. The Labute approximate surface area is 210 Å². The maximum absolute atomic E-state index is 12.8. The number of carbonyl (C=O) groups excluding carboxylic acids is 2. The van der Waals surface area contributed by atoms with Gasteiger partial charge < -0.3 is 14.8 Å². The highest BCUT2D eigenvalue weighted by molar-refractivity contribution is 5.94. The number of imidazole rings is 1. The first-order valence-electron chi connectivity index (χ1n) is 12.7. The summed E-state index contributed by atoms with van der Waals surface area (Å²) in [6, 6.07) is 9.07. The summed E-state index contributed by atoms with van der Waals surface area (Å²) in [5.74, 6) is 0.107. The average Bonchev–Trinajstić information content (AvgIpc) is 3.21. The first-order valence-corrected chi connectivity index (χ1v) is 12.7. The van der Waals surface area contributed by atoms with E-state index in [-0.39, 0.29) is 24.8 Å². The van der Waals surface area contributed by atoms with Crippen molar-refractivity contribution in [3.05, 3.63) is 57.0 Å². The van der Waals surface area contributed by atoms with E-state index in [9.17, 15) is 19.2 Å². The van der Waals surface area contributed by atoms with Crippen LogP contribution in [0.1, 0.15) is 58.2 Å². The molecule has 2 aromatic heterocycles. The van der Waals surface area contributed by atoms with E-state index in [1.54, 1.807) is 19.2 Å². The van der Waals surface area contributed by atoms with Crippen molar-refractivity contribution in [2.24, 2.45) is 0 Å². The van der Waals surface area contributed by atoms with Gasteiger partial charge in [0.1, 0.15) is 5.82 Å². The Hall–Kier alpha value is -3.69. The number of H-pyrrole nitrogens is 1. The third kappa shape index (κ3) is 6.71. The van der Waals surface area contributed by atoms with Gasteiger partial charge in [-0.2, -0.15) is 0 Å². The van der Waals surface area contributed by atoms with E-state index >= 15 is 0 Å². The maximum Gasteiger partial charge on any atom is 0.330 e. The lowest BCUT2D eigenvalue weighted by Gasteiger charge is -2.17. The third-order valence-corrected chi connectivity index (χ3v) is 6.11. The minimum atomic E-state index is -0.467. The molecule has 0 atom stereocenters. The van der Waals surface area contributed by atoms with Gasteiger partial charge in [-0.05, 0) is 25.0 Å². The topological polar surface area (TPSA) is 122 Å². The predicted octanol–water partition coefficient (Wildman–Crippen LogP) is 2.91. The summed E-state index contributed by atoms with van der Waals surface area (Å²) in [6.07, 6.45) is 4.98. The lowest BCUT2D eigenvalue weighted by atomic mass is 10.2. The van der Waals surface area contributed by atoms with E-state index in [1.165, 1.54) is 9.47 Å². The number of likely N-dealkylation sites (N-methyl/N-ethyl adjacent to an activating group) is 1. The molecule has 194 valence electrons. The highest BCUT2D eigenvalue weighted by atomic mass is 16.2. The smallest absolute Gasteiger partial charge is 0.330 e. The van der Waals surface area contributed by atoms with Crippen LogP contribution >= 0.6 is 0 Å². The van der Waals surface area contributed by atoms with Gasteiger partial charge in [0, 0.05) is 38.7 Å². The Morgan fingerprint density at radius 2 is 1.69 bits per heavy atom. The molecule has 0 saturated heterocycles. The van der Waals surface area contributed by atoms with Crippen LogP contribution in [0.4, 0.5) is 5.69 Å². The van der Waals surface area contributed by atoms with Gasteiger partial charge in [-0.15, -0.1) is 0 Å². The molecule has 0 fully saturated rings. The molecule has 36 heavy (non-hydrogen) atoms. The molecular formula is C26H36N6O4. The second-order valence-electron chi connectivity index (χ2n) is 8.99. The lowest BCUT2D eigenvalue weighted by molar-refractivity contribution is -0.133. The predicted molar refractivity (Wildman–Crippen MR) is 140 cm³/mol. The SMILES string of the molecule is CCCCCn1c(CCC(=O)N(C)CC(=O)Nc2ccccc2)nc2c1c(=O)[nH]c(=O)n2CCCC. The van der Waals surface area contributed by atoms with Crippen LogP contribution in [-0.2, 0) is 29.1 Å². The van der Waals surface area contributed by atoms with E-state index in [0.717, 1.165) is 32.1 Å². The van der Waals surface area contributed by atoms with Gasteiger partial charge in [-0.1, -0.05) is 51.3 Å². The number of hydrogen-bond acceptors (Lipinski definition) is 5. The van der Waals surface area contributed by atoms with Crippen LogP contribution in [0.25, 0.3) is 11.2 Å². The molecule has 10 heteroatoms. The summed E-state index contributed by atoms with van der Waals surface area (Å²) in [4.78, 5) is 58.9. The average molecular weight is 497 g/mol. The van der Waals surface area contributed by atoms with Crippen molar-refractivity contribution < 1.29 is 9.59 Å². The Bertz CT molecular complexity index is 1290. The van der Waals surface area contributed by atoms with Crippen LogP contribution in [0.5, 0.6) is 0 Å². The van der Waals surface area contributed by atoms with Crippen LogP contribution in [0.2, 0.25) is 0 Å². The van der Waals surface area contributed by atoms with Gasteiger partial charge >= 0.3 is 5.69 Å². The zero-order valence-corrected chi connectivity index (χ0v) is 21.4. The van der Waals surface area contributed by atoms with Crippen LogP contribution in [0.15, 0.2) is 39.9 Å². The fraction of sp³-hybridized carbons (Fsp3) is 0.500. The number of aromatic nitrogens is 4. The molecule has 0 bridgehead atoms. The largest absolute Gasteiger partial charge is 0.336 e. The number of fused-ring (bicyclic) bond motifs is 1. The fourth-order valence-electron chi connectivity index (χ4n) is 4.13. The summed E-state index contributed by atoms with van der Waals surface area (Å²) >= 11 is 0. The molecule has 0 spiro atoms. The number of rotatable bonds is 13. The molecule has 0 aliphatic rings. The van der Waals surface area contributed by atoms with Crippen molar-refractivity contribution in [3.8, 4) is 0 Å². The molecule has 2 heterocycles. The third-order valence-electron chi connectivity index (χ3n) is 6.11. The molecule has 0 saturated carbocycles. The minimum Gasteiger partial charge on any atom is -0.336 e. The van der Waals surface area contributed by atoms with Crippen molar-refractivity contribution in [2.75, 3.05) is 18.9 Å². The number of anilines is 1. The van der Waals surface area contributed by atoms with Crippen LogP contribution in [0, 0.1) is 0 Å². The molecule has 2 N–H and O–H groups in total. The molecule has 3 aromatic rings. The number of benzene rings is 1. The van der Waals surface area contributed by atoms with Gasteiger partial charge in [-0.3, -0.25) is 23.9 Å². The molecule has 0 aliphatic heterocycles. The molecular weight excluding hydrogens is 460 g/mol. The first-order chi connectivity index (χ1) is 17.3. The van der Waals surface area contributed by atoms with Gasteiger partial charge in [0.2, 0.25) is 11.8 Å². The summed E-state index contributed by atoms with van der Waals surface area (Å²) in [7, 11) is 1.59. The van der Waals surface area contributed by atoms with Crippen molar-refractivity contribution in [1.29, 1.82) is 0 Å². The monoisotopic (exact) mass is 496 g/mol. The summed E-state index contributed by atoms with van der Waals surface area (Å²) in [6.45, 7) is 5.11. The quantitative estimate of drug-likeness (QED) is 0.352. The summed E-state index contributed by atoms with van der Waals surface area (Å²) < 4.78 is 3.36. The Kier molecular flexibility index (Phi) is 9.61. The fourth-order valence-corrected chi connectivity index (χ4v) is 4.13. The number of aromatic amines is 1. The highest BCUT2D eigenvalue weighted by Gasteiger charge is 2.20. The van der Waals surface area contributed by atoms with Crippen molar-refractivity contribution in [1.82, 2.24) is 24.0 Å². The molecule has 0 aliphatic carbocycles. The second-order valence-corrected chi connectivity index (χ2v) is 8.99. The first kappa shape index (κ1) is 26.9. The number of amides is 2. The van der Waals surface area contributed by atoms with Crippen molar-refractivity contribution in [2.45, 2.75) is 71.9 Å². The zero-order chi connectivity index (χ0) is 26.1. The molecule has 0 unspecified atom stereocenters. The number of nitrogens with zero attached hydrogens (tertiary/aromatic N) is 4. The van der Waals surface area contributed by atoms with Gasteiger partial charge in [-0.25, -0.2) is 9.78 Å². The van der Waals surface area contributed by atoms with E-state index in [4.69, 9.17) is 0 Å². The zero-order valence-electron chi connectivity index (χ0n) is 21.4. The van der Waals surface area contributed by atoms with Gasteiger partial charge in [0.15, 0.2) is 11.2 Å². The van der Waals surface area contributed by atoms with Gasteiger partial charge in [0.25, 0.3) is 5.56 Å². The van der Waals surface area contributed by atoms with E-state index in [0.29, 0.717) is 42.2 Å². The number of aryl methyl sites for hydroxylation is 3.